The Hall–Kier alpha value is -4.40. The van der Waals surface area contributed by atoms with Crippen LogP contribution in [0.4, 0.5) is 0 Å². The van der Waals surface area contributed by atoms with E-state index < -0.39 is 44.0 Å². The van der Waals surface area contributed by atoms with Crippen molar-refractivity contribution in [2.75, 3.05) is 20.8 Å². The monoisotopic (exact) mass is 685 g/mol. The summed E-state index contributed by atoms with van der Waals surface area (Å²) in [5, 5.41) is 22.1. The van der Waals surface area contributed by atoms with Crippen molar-refractivity contribution in [1.29, 1.82) is 0 Å². The van der Waals surface area contributed by atoms with Crippen LogP contribution in [0.25, 0.3) is 11.2 Å². The fourth-order valence-corrected chi connectivity index (χ4v) is 7.27. The fourth-order valence-electron chi connectivity index (χ4n) is 5.98. The van der Waals surface area contributed by atoms with Crippen LogP contribution in [0.3, 0.4) is 0 Å². The number of nitrogens with one attached hydrogen (secondary N) is 1. The second-order valence-corrected chi connectivity index (χ2v) is 18.4. The number of hydrogen-bond donors (Lipinski definition) is 2. The third kappa shape index (κ3) is 6.40. The van der Waals surface area contributed by atoms with Crippen LogP contribution in [0, 0.1) is 0 Å². The summed E-state index contributed by atoms with van der Waals surface area (Å²) < 4.78 is 33.1. The Balaban J connectivity index is 1.43. The Morgan fingerprint density at radius 2 is 1.47 bits per heavy atom. The molecular weight excluding hydrogens is 643 g/mol. The number of benzene rings is 3. The zero-order valence-corrected chi connectivity index (χ0v) is 29.8. The Bertz CT molecular complexity index is 1880. The molecule has 258 valence electrons. The highest BCUT2D eigenvalue weighted by Gasteiger charge is 2.52. The lowest BCUT2D eigenvalue weighted by Crippen LogP contribution is -2.49. The first kappa shape index (κ1) is 34.5. The molecule has 1 aliphatic heterocycles. The van der Waals surface area contributed by atoms with Crippen molar-refractivity contribution < 1.29 is 28.5 Å². The number of fused-ring (bicyclic) bond motifs is 1. The van der Waals surface area contributed by atoms with Crippen LogP contribution in [0.1, 0.15) is 43.7 Å². The largest absolute Gasteiger partial charge is 0.497 e. The van der Waals surface area contributed by atoms with E-state index in [1.807, 2.05) is 78.9 Å². The van der Waals surface area contributed by atoms with E-state index in [2.05, 4.69) is 54.3 Å². The molecule has 0 amide bonds. The molecule has 3 aromatic carbocycles. The van der Waals surface area contributed by atoms with Crippen molar-refractivity contribution in [3.05, 3.63) is 112 Å². The number of H-pyrrole nitrogens is 1. The number of hydrogen-bond acceptors (Lipinski definition) is 10. The molecule has 1 saturated heterocycles. The number of aromatic nitrogens is 5. The lowest BCUT2D eigenvalue weighted by molar-refractivity contribution is -0.0940. The molecule has 12 nitrogen and oxygen atoms in total. The maximum absolute atomic E-state index is 12.5. The van der Waals surface area contributed by atoms with Crippen LogP contribution in [-0.2, 0) is 19.5 Å². The van der Waals surface area contributed by atoms with Gasteiger partial charge < -0.3 is 28.5 Å². The molecule has 5 aromatic rings. The Morgan fingerprint density at radius 1 is 0.898 bits per heavy atom. The number of rotatable bonds is 11. The van der Waals surface area contributed by atoms with Crippen LogP contribution in [0.5, 0.6) is 11.5 Å². The Kier molecular flexibility index (Phi) is 9.48. The van der Waals surface area contributed by atoms with Crippen molar-refractivity contribution in [1.82, 2.24) is 25.0 Å². The van der Waals surface area contributed by atoms with Crippen molar-refractivity contribution in [3.63, 3.8) is 0 Å². The van der Waals surface area contributed by atoms with Gasteiger partial charge in [0.2, 0.25) is 0 Å². The SMILES string of the molecule is COc1ccc(C(OC[C@H]2O[C@@H](n3cnc4c(=O)[nH]nnc43)[C@H](O[Si](C)(C)C(C)(C)C)[C@@H]2O)(c2ccccc2)c2ccc(OC)cc2)cc1. The molecule has 4 atom stereocenters. The first-order valence-corrected chi connectivity index (χ1v) is 19.1. The van der Waals surface area contributed by atoms with E-state index in [1.165, 1.54) is 6.33 Å². The standard InChI is InChI=1S/C36H43N5O7Si/c1-35(2,3)49(6,7)48-31-30(42)28(47-34(31)41-22-37-29-32(41)38-40-39-33(29)43)21-46-36(23-11-9-8-10-12-23,24-13-17-26(44-4)18-14-24)25-15-19-27(45-5)20-16-25/h8-20,22,28,30-31,34,42H,21H2,1-7H3,(H,38,39,43)/t28-,30-,31-,34-/m1/s1. The number of methoxy groups -OCH3 is 2. The molecule has 0 bridgehead atoms. The van der Waals surface area contributed by atoms with Gasteiger partial charge in [-0.15, -0.1) is 5.10 Å². The van der Waals surface area contributed by atoms with Gasteiger partial charge in [0.25, 0.3) is 5.56 Å². The van der Waals surface area contributed by atoms with Crippen LogP contribution >= 0.6 is 0 Å². The summed E-state index contributed by atoms with van der Waals surface area (Å²) in [4.78, 5) is 16.8. The van der Waals surface area contributed by atoms with Gasteiger partial charge >= 0.3 is 0 Å². The van der Waals surface area contributed by atoms with Gasteiger partial charge in [0.05, 0.1) is 27.2 Å². The first-order chi connectivity index (χ1) is 23.4. The minimum Gasteiger partial charge on any atom is -0.497 e. The molecule has 0 radical (unpaired) electrons. The van der Waals surface area contributed by atoms with E-state index in [9.17, 15) is 9.90 Å². The van der Waals surface area contributed by atoms with Crippen LogP contribution in [-0.4, -0.2) is 77.5 Å². The summed E-state index contributed by atoms with van der Waals surface area (Å²) in [5.41, 5.74) is 1.30. The second kappa shape index (κ2) is 13.5. The third-order valence-corrected chi connectivity index (χ3v) is 14.2. The first-order valence-electron chi connectivity index (χ1n) is 16.2. The third-order valence-electron chi connectivity index (χ3n) is 9.74. The van der Waals surface area contributed by atoms with E-state index >= 15 is 0 Å². The van der Waals surface area contributed by atoms with Crippen molar-refractivity contribution in [2.45, 2.75) is 69.0 Å². The fraction of sp³-hybridized carbons (Fsp3) is 0.389. The quantitative estimate of drug-likeness (QED) is 0.141. The lowest BCUT2D eigenvalue weighted by atomic mass is 9.80. The van der Waals surface area contributed by atoms with Gasteiger partial charge in [-0.2, -0.15) is 0 Å². The molecule has 0 aliphatic carbocycles. The summed E-state index contributed by atoms with van der Waals surface area (Å²) in [7, 11) is 0.802. The van der Waals surface area contributed by atoms with E-state index in [1.54, 1.807) is 18.8 Å². The minimum atomic E-state index is -2.45. The lowest BCUT2D eigenvalue weighted by Gasteiger charge is -2.40. The Labute approximate surface area is 286 Å². The normalized spacial score (nSPS) is 20.1. The number of nitrogens with zero attached hydrogens (tertiary/aromatic N) is 4. The summed E-state index contributed by atoms with van der Waals surface area (Å²) in [5.74, 6) is 1.41. The minimum absolute atomic E-state index is 0.0269. The molecule has 0 unspecified atom stereocenters. The number of aliphatic hydroxyl groups is 1. The van der Waals surface area contributed by atoms with Gasteiger partial charge in [0, 0.05) is 0 Å². The van der Waals surface area contributed by atoms with Gasteiger partial charge in [-0.05, 0) is 59.1 Å². The van der Waals surface area contributed by atoms with Gasteiger partial charge in [-0.1, -0.05) is 80.6 Å². The number of imidazole rings is 1. The van der Waals surface area contributed by atoms with Gasteiger partial charge in [0.1, 0.15) is 35.4 Å². The number of aromatic amines is 1. The average Bonchev–Trinajstić information content (AvgIpc) is 3.66. The summed E-state index contributed by atoms with van der Waals surface area (Å²) >= 11 is 0. The molecule has 1 fully saturated rings. The van der Waals surface area contributed by atoms with Gasteiger partial charge in [-0.25, -0.2) is 10.1 Å². The molecule has 3 heterocycles. The van der Waals surface area contributed by atoms with E-state index in [0.717, 1.165) is 16.7 Å². The molecule has 1 aliphatic rings. The molecule has 6 rings (SSSR count). The van der Waals surface area contributed by atoms with Crippen molar-refractivity contribution in [3.8, 4) is 11.5 Å². The zero-order chi connectivity index (χ0) is 35.0. The molecular formula is C36H43N5O7Si. The van der Waals surface area contributed by atoms with E-state index in [-0.39, 0.29) is 22.8 Å². The molecule has 0 saturated carbocycles. The second-order valence-electron chi connectivity index (χ2n) is 13.7. The highest BCUT2D eigenvalue weighted by Crippen LogP contribution is 2.45. The molecule has 13 heteroatoms. The van der Waals surface area contributed by atoms with Crippen molar-refractivity contribution >= 4 is 19.5 Å². The maximum Gasteiger partial charge on any atom is 0.295 e. The molecule has 49 heavy (non-hydrogen) atoms. The maximum atomic E-state index is 12.5. The smallest absolute Gasteiger partial charge is 0.295 e. The molecule has 0 spiro atoms. The van der Waals surface area contributed by atoms with Gasteiger partial charge in [-0.3, -0.25) is 9.36 Å². The van der Waals surface area contributed by atoms with Crippen LogP contribution in [0.15, 0.2) is 90.0 Å². The van der Waals surface area contributed by atoms with Crippen molar-refractivity contribution in [2.24, 2.45) is 0 Å². The molecule has 2 aromatic heterocycles. The topological polar surface area (TPSA) is 143 Å². The summed E-state index contributed by atoms with van der Waals surface area (Å²) in [6, 6.07) is 25.4. The highest BCUT2D eigenvalue weighted by molar-refractivity contribution is 6.74. The number of ether oxygens (including phenoxy) is 4. The summed E-state index contributed by atoms with van der Waals surface area (Å²) in [6.07, 6.45) is -2.16. The number of aliphatic hydroxyl groups excluding tert-OH is 1. The summed E-state index contributed by atoms with van der Waals surface area (Å²) in [6.45, 7) is 10.6. The average molecular weight is 686 g/mol. The zero-order valence-electron chi connectivity index (χ0n) is 28.8. The predicted octanol–water partition coefficient (Wildman–Crippen LogP) is 5.19. The molecule has 2 N–H and O–H groups in total. The van der Waals surface area contributed by atoms with Gasteiger partial charge in [0.15, 0.2) is 25.7 Å². The van der Waals surface area contributed by atoms with E-state index in [0.29, 0.717) is 11.5 Å². The highest BCUT2D eigenvalue weighted by atomic mass is 28.4. The predicted molar refractivity (Wildman–Crippen MR) is 186 cm³/mol. The van der Waals surface area contributed by atoms with Crippen LogP contribution < -0.4 is 15.0 Å². The van der Waals surface area contributed by atoms with Crippen LogP contribution in [0.2, 0.25) is 18.1 Å². The Morgan fingerprint density at radius 3 is 2.02 bits per heavy atom. The van der Waals surface area contributed by atoms with E-state index in [4.69, 9.17) is 23.4 Å².